The van der Waals surface area contributed by atoms with Crippen LogP contribution in [0, 0.1) is 0 Å². The van der Waals surface area contributed by atoms with Crippen LogP contribution in [0.4, 0.5) is 0 Å². The van der Waals surface area contributed by atoms with E-state index in [0.717, 1.165) is 30.7 Å². The largest absolute Gasteiger partial charge is 0.356 e. The Kier molecular flexibility index (Phi) is 3.54. The minimum Gasteiger partial charge on any atom is -0.261 e. The minimum absolute atomic E-state index is 0.508. The predicted molar refractivity (Wildman–Crippen MR) is 45.7 cm³/mol. The normalized spacial score (nSPS) is 15.9. The van der Waals surface area contributed by atoms with Crippen LogP contribution in [0.3, 0.4) is 0 Å². The van der Waals surface area contributed by atoms with Gasteiger partial charge < -0.3 is 0 Å². The molecule has 1 heterocycles. The fourth-order valence-electron chi connectivity index (χ4n) is 1.12. The lowest BCUT2D eigenvalue weighted by atomic mass is 10.2. The van der Waals surface area contributed by atoms with Gasteiger partial charge in [0, 0.05) is 6.54 Å². The van der Waals surface area contributed by atoms with E-state index in [1.54, 1.807) is 0 Å². The fourth-order valence-corrected chi connectivity index (χ4v) is 1.12. The summed E-state index contributed by atoms with van der Waals surface area (Å²) in [5, 5.41) is 7.75. The van der Waals surface area contributed by atoms with Crippen molar-refractivity contribution in [2.24, 2.45) is 10.3 Å². The summed E-state index contributed by atoms with van der Waals surface area (Å²) in [7, 11) is 0. The Morgan fingerprint density at radius 1 is 1.23 bits per heavy atom. The maximum atomic E-state index is 11.0. The minimum atomic E-state index is -0.754. The molecule has 13 heavy (non-hydrogen) atoms. The number of rotatable bonds is 5. The van der Waals surface area contributed by atoms with Gasteiger partial charge in [-0.1, -0.05) is 36.5 Å². The molecule has 0 radical (unpaired) electrons. The summed E-state index contributed by atoms with van der Waals surface area (Å²) >= 11 is 0. The van der Waals surface area contributed by atoms with Crippen molar-refractivity contribution >= 4 is 11.8 Å². The van der Waals surface area contributed by atoms with Gasteiger partial charge in [-0.2, -0.15) is 0 Å². The molecule has 5 heteroatoms. The highest BCUT2D eigenvalue weighted by atomic mass is 16.2. The molecule has 2 amide bonds. The fraction of sp³-hybridized carbons (Fsp3) is 0.750. The average Bonchev–Trinajstić information content (AvgIpc) is 2.43. The Balaban J connectivity index is 2.20. The van der Waals surface area contributed by atoms with Gasteiger partial charge in [0.1, 0.15) is 0 Å². The van der Waals surface area contributed by atoms with Crippen molar-refractivity contribution in [2.45, 2.75) is 32.6 Å². The molecule has 1 aliphatic rings. The smallest absolute Gasteiger partial charge is 0.261 e. The van der Waals surface area contributed by atoms with E-state index in [9.17, 15) is 9.59 Å². The van der Waals surface area contributed by atoms with Crippen molar-refractivity contribution in [3.8, 4) is 0 Å². The number of amides is 2. The summed E-state index contributed by atoms with van der Waals surface area (Å²) in [4.78, 5) is 21.6. The molecule has 1 aliphatic heterocycles. The molecule has 0 saturated carbocycles. The summed E-state index contributed by atoms with van der Waals surface area (Å²) in [5.74, 6) is -1.35. The first-order chi connectivity index (χ1) is 6.25. The maximum Gasteiger partial charge on any atom is 0.356 e. The van der Waals surface area contributed by atoms with Crippen LogP contribution in [-0.4, -0.2) is 23.4 Å². The van der Waals surface area contributed by atoms with Gasteiger partial charge in [-0.15, -0.1) is 0 Å². The quantitative estimate of drug-likeness (QED) is 0.476. The van der Waals surface area contributed by atoms with E-state index in [1.165, 1.54) is 0 Å². The number of unbranched alkanes of at least 4 members (excludes halogenated alkanes) is 3. The topological polar surface area (TPSA) is 62.1 Å². The third-order valence-corrected chi connectivity index (χ3v) is 1.88. The molecular formula is C8H13N3O2. The predicted octanol–water partition coefficient (Wildman–Crippen LogP) is 1.30. The Bertz CT molecular complexity index is 238. The van der Waals surface area contributed by atoms with E-state index in [1.807, 2.05) is 0 Å². The van der Waals surface area contributed by atoms with Gasteiger partial charge >= 0.3 is 11.8 Å². The highest BCUT2D eigenvalue weighted by molar-refractivity contribution is 6.36. The molecule has 0 aromatic heterocycles. The maximum absolute atomic E-state index is 11.0. The molecule has 0 aliphatic carbocycles. The zero-order valence-electron chi connectivity index (χ0n) is 7.69. The van der Waals surface area contributed by atoms with Crippen LogP contribution in [-0.2, 0) is 9.59 Å². The molecular weight excluding hydrogens is 170 g/mol. The Labute approximate surface area is 76.8 Å². The van der Waals surface area contributed by atoms with Gasteiger partial charge in [0.15, 0.2) is 0 Å². The number of nitrogens with zero attached hydrogens (tertiary/aromatic N) is 3. The summed E-state index contributed by atoms with van der Waals surface area (Å²) in [6.07, 6.45) is 4.23. The van der Waals surface area contributed by atoms with E-state index in [2.05, 4.69) is 17.3 Å². The molecule has 72 valence electrons. The molecule has 0 saturated heterocycles. The standard InChI is InChI=1S/C8H13N3O2/c1-2-3-4-5-6-11-8(13)7(12)9-10-11/h2-6H2,1H3. The van der Waals surface area contributed by atoms with Crippen LogP contribution in [0.2, 0.25) is 0 Å². The van der Waals surface area contributed by atoms with Gasteiger partial charge in [0.05, 0.1) is 0 Å². The zero-order valence-corrected chi connectivity index (χ0v) is 7.69. The van der Waals surface area contributed by atoms with E-state index >= 15 is 0 Å². The summed E-state index contributed by atoms with van der Waals surface area (Å²) < 4.78 is 0. The number of carbonyl (C=O) groups is 2. The SMILES string of the molecule is CCCCCCN1N=NC(=O)C1=O. The van der Waals surface area contributed by atoms with Crippen molar-refractivity contribution < 1.29 is 9.59 Å². The van der Waals surface area contributed by atoms with E-state index in [4.69, 9.17) is 0 Å². The second-order valence-electron chi connectivity index (χ2n) is 2.98. The van der Waals surface area contributed by atoms with Gasteiger partial charge in [0.25, 0.3) is 0 Å². The Hall–Kier alpha value is -1.26. The molecule has 0 N–H and O–H groups in total. The lowest BCUT2D eigenvalue weighted by molar-refractivity contribution is -0.141. The first kappa shape index (κ1) is 9.83. The Morgan fingerprint density at radius 2 is 2.00 bits per heavy atom. The van der Waals surface area contributed by atoms with Crippen molar-refractivity contribution in [1.82, 2.24) is 5.01 Å². The second-order valence-corrected chi connectivity index (χ2v) is 2.98. The number of hydrogen-bond acceptors (Lipinski definition) is 3. The van der Waals surface area contributed by atoms with Crippen LogP contribution in [0.25, 0.3) is 0 Å². The van der Waals surface area contributed by atoms with Crippen molar-refractivity contribution in [3.63, 3.8) is 0 Å². The highest BCUT2D eigenvalue weighted by Gasteiger charge is 2.26. The lowest BCUT2D eigenvalue weighted by Crippen LogP contribution is -2.26. The molecule has 0 aromatic carbocycles. The van der Waals surface area contributed by atoms with Crippen molar-refractivity contribution in [3.05, 3.63) is 0 Å². The monoisotopic (exact) mass is 183 g/mol. The van der Waals surface area contributed by atoms with Gasteiger partial charge in [0.2, 0.25) is 0 Å². The van der Waals surface area contributed by atoms with Crippen LogP contribution in [0.1, 0.15) is 32.6 Å². The van der Waals surface area contributed by atoms with Crippen molar-refractivity contribution in [2.75, 3.05) is 6.54 Å². The molecule has 0 spiro atoms. The summed E-state index contributed by atoms with van der Waals surface area (Å²) in [5.41, 5.74) is 0. The molecule has 5 nitrogen and oxygen atoms in total. The van der Waals surface area contributed by atoms with E-state index in [-0.39, 0.29) is 0 Å². The number of hydrogen-bond donors (Lipinski definition) is 0. The molecule has 0 atom stereocenters. The Morgan fingerprint density at radius 3 is 2.54 bits per heavy atom. The van der Waals surface area contributed by atoms with Crippen LogP contribution < -0.4 is 0 Å². The summed E-state index contributed by atoms with van der Waals surface area (Å²) in [6.45, 7) is 2.62. The van der Waals surface area contributed by atoms with Crippen molar-refractivity contribution in [1.29, 1.82) is 0 Å². The highest BCUT2D eigenvalue weighted by Crippen LogP contribution is 2.07. The summed E-state index contributed by atoms with van der Waals surface area (Å²) in [6, 6.07) is 0. The van der Waals surface area contributed by atoms with Gasteiger partial charge in [-0.05, 0) is 6.42 Å². The zero-order chi connectivity index (χ0) is 9.68. The van der Waals surface area contributed by atoms with Crippen LogP contribution in [0.15, 0.2) is 10.3 Å². The lowest BCUT2D eigenvalue weighted by Gasteiger charge is -2.07. The first-order valence-corrected chi connectivity index (χ1v) is 4.53. The van der Waals surface area contributed by atoms with Gasteiger partial charge in [-0.25, -0.2) is 5.01 Å². The van der Waals surface area contributed by atoms with Gasteiger partial charge in [-0.3, -0.25) is 9.59 Å². The third-order valence-electron chi connectivity index (χ3n) is 1.88. The van der Waals surface area contributed by atoms with E-state index < -0.39 is 11.8 Å². The van der Waals surface area contributed by atoms with Crippen LogP contribution >= 0.6 is 0 Å². The van der Waals surface area contributed by atoms with E-state index in [0.29, 0.717) is 6.54 Å². The average molecular weight is 183 g/mol. The molecule has 0 aromatic rings. The second kappa shape index (κ2) is 4.69. The molecule has 0 fully saturated rings. The third kappa shape index (κ3) is 2.61. The molecule has 0 unspecified atom stereocenters. The number of carbonyl (C=O) groups excluding carboxylic acids is 2. The molecule has 0 bridgehead atoms. The molecule has 1 rings (SSSR count). The van der Waals surface area contributed by atoms with Crippen LogP contribution in [0.5, 0.6) is 0 Å². The first-order valence-electron chi connectivity index (χ1n) is 4.53.